The number of methoxy groups -OCH3 is 3. The quantitative estimate of drug-likeness (QED) is 0.155. The fourth-order valence-corrected chi connectivity index (χ4v) is 5.41. The van der Waals surface area contributed by atoms with Crippen LogP contribution in [-0.4, -0.2) is 42.4 Å². The molecular weight excluding hydrogens is 568 g/mol. The Morgan fingerprint density at radius 2 is 1.67 bits per heavy atom. The highest BCUT2D eigenvalue weighted by Crippen LogP contribution is 2.42. The molecule has 0 aliphatic rings. The highest BCUT2D eigenvalue weighted by atomic mass is 32.1. The van der Waals surface area contributed by atoms with E-state index in [0.29, 0.717) is 55.6 Å². The van der Waals surface area contributed by atoms with Gasteiger partial charge in [0.15, 0.2) is 16.6 Å². The number of amides is 1. The van der Waals surface area contributed by atoms with Crippen LogP contribution >= 0.6 is 11.3 Å². The summed E-state index contributed by atoms with van der Waals surface area (Å²) < 4.78 is 21.9. The van der Waals surface area contributed by atoms with Gasteiger partial charge < -0.3 is 35.1 Å². The van der Waals surface area contributed by atoms with E-state index in [9.17, 15) is 4.79 Å². The van der Waals surface area contributed by atoms with Gasteiger partial charge in [-0.25, -0.2) is 4.98 Å². The number of hydrogen-bond acceptors (Lipinski definition) is 11. The maximum absolute atomic E-state index is 13.1. The minimum atomic E-state index is -0.183. The Morgan fingerprint density at radius 1 is 0.953 bits per heavy atom. The molecule has 12 heteroatoms. The Bertz CT molecular complexity index is 1760. The zero-order valence-electron chi connectivity index (χ0n) is 24.6. The molecular formula is C31H32N6O5S. The van der Waals surface area contributed by atoms with Gasteiger partial charge in [-0.15, -0.1) is 0 Å². The van der Waals surface area contributed by atoms with Gasteiger partial charge in [-0.2, -0.15) is 4.98 Å². The van der Waals surface area contributed by atoms with Crippen LogP contribution in [0, 0.1) is 6.92 Å². The molecule has 0 atom stereocenters. The first-order valence-corrected chi connectivity index (χ1v) is 14.2. The first-order chi connectivity index (χ1) is 20.7. The molecule has 222 valence electrons. The van der Waals surface area contributed by atoms with Gasteiger partial charge in [-0.05, 0) is 42.2 Å². The van der Waals surface area contributed by atoms with E-state index < -0.39 is 0 Å². The number of hydrogen-bond donors (Lipinski definition) is 3. The third kappa shape index (κ3) is 6.09. The Morgan fingerprint density at radius 3 is 2.35 bits per heavy atom. The molecule has 0 aliphatic carbocycles. The van der Waals surface area contributed by atoms with Crippen molar-refractivity contribution in [1.29, 1.82) is 0 Å². The summed E-state index contributed by atoms with van der Waals surface area (Å²) in [5.41, 5.74) is 10.8. The zero-order valence-corrected chi connectivity index (χ0v) is 25.5. The fraction of sp³-hybridized carbons (Fsp3) is 0.226. The van der Waals surface area contributed by atoms with Crippen molar-refractivity contribution in [3.63, 3.8) is 0 Å². The van der Waals surface area contributed by atoms with E-state index in [2.05, 4.69) is 39.6 Å². The minimum absolute atomic E-state index is 0.183. The van der Waals surface area contributed by atoms with Crippen molar-refractivity contribution in [3.05, 3.63) is 71.3 Å². The predicted molar refractivity (Wildman–Crippen MR) is 168 cm³/mol. The van der Waals surface area contributed by atoms with Crippen LogP contribution in [0.25, 0.3) is 22.2 Å². The van der Waals surface area contributed by atoms with E-state index in [1.54, 1.807) is 33.5 Å². The van der Waals surface area contributed by atoms with Crippen molar-refractivity contribution in [2.45, 2.75) is 26.7 Å². The molecule has 3 aromatic carbocycles. The Balaban J connectivity index is 1.38. The first kappa shape index (κ1) is 29.4. The Kier molecular flexibility index (Phi) is 8.48. The van der Waals surface area contributed by atoms with Gasteiger partial charge in [0.25, 0.3) is 11.8 Å². The van der Waals surface area contributed by atoms with Crippen molar-refractivity contribution >= 4 is 39.6 Å². The molecule has 0 fully saturated rings. The summed E-state index contributed by atoms with van der Waals surface area (Å²) in [6.45, 7) is 6.06. The highest BCUT2D eigenvalue weighted by Gasteiger charge is 2.21. The monoisotopic (exact) mass is 600 g/mol. The Hall–Kier alpha value is -5.10. The second-order valence-electron chi connectivity index (χ2n) is 9.92. The first-order valence-electron chi connectivity index (χ1n) is 13.4. The lowest BCUT2D eigenvalue weighted by atomic mass is 9.96. The number of aryl methyl sites for hydroxylation is 1. The normalized spacial score (nSPS) is 11.0. The lowest BCUT2D eigenvalue weighted by Crippen LogP contribution is -2.14. The molecule has 0 bridgehead atoms. The average molecular weight is 601 g/mol. The van der Waals surface area contributed by atoms with Crippen LogP contribution in [0.5, 0.6) is 17.2 Å². The van der Waals surface area contributed by atoms with Crippen molar-refractivity contribution in [2.75, 3.05) is 37.7 Å². The van der Waals surface area contributed by atoms with Gasteiger partial charge in [0, 0.05) is 34.6 Å². The Labute approximate surface area is 253 Å². The van der Waals surface area contributed by atoms with Crippen LogP contribution in [0.3, 0.4) is 0 Å². The average Bonchev–Trinajstić information content (AvgIpc) is 3.63. The largest absolute Gasteiger partial charge is 0.493 e. The molecule has 0 aliphatic heterocycles. The molecule has 0 saturated carbocycles. The summed E-state index contributed by atoms with van der Waals surface area (Å²) in [6, 6.07) is 16.7. The van der Waals surface area contributed by atoms with Gasteiger partial charge in [0.1, 0.15) is 10.7 Å². The number of rotatable bonds is 10. The third-order valence-corrected chi connectivity index (χ3v) is 7.73. The number of anilines is 4. The summed E-state index contributed by atoms with van der Waals surface area (Å²) >= 11 is 1.26. The second kappa shape index (κ2) is 12.4. The number of ether oxygens (including phenoxy) is 3. The molecule has 0 radical (unpaired) electrons. The van der Waals surface area contributed by atoms with Crippen LogP contribution in [0.2, 0.25) is 0 Å². The van der Waals surface area contributed by atoms with E-state index in [1.807, 2.05) is 49.4 Å². The second-order valence-corrected chi connectivity index (χ2v) is 10.9. The van der Waals surface area contributed by atoms with Gasteiger partial charge in [0.2, 0.25) is 11.6 Å². The van der Waals surface area contributed by atoms with Crippen LogP contribution in [0.4, 0.5) is 22.3 Å². The number of nitrogen functional groups attached to an aromatic ring is 1. The van der Waals surface area contributed by atoms with Crippen molar-refractivity contribution in [3.8, 4) is 39.4 Å². The molecule has 4 N–H and O–H groups in total. The number of thiazole rings is 1. The number of aromatic nitrogens is 3. The summed E-state index contributed by atoms with van der Waals surface area (Å²) in [6.07, 6.45) is 0. The smallest absolute Gasteiger partial charge is 0.272 e. The maximum Gasteiger partial charge on any atom is 0.272 e. The van der Waals surface area contributed by atoms with E-state index >= 15 is 0 Å². The van der Waals surface area contributed by atoms with Gasteiger partial charge in [0.05, 0.1) is 21.3 Å². The van der Waals surface area contributed by atoms with Crippen molar-refractivity contribution < 1.29 is 23.5 Å². The molecule has 1 amide bonds. The van der Waals surface area contributed by atoms with E-state index in [-0.39, 0.29) is 23.5 Å². The van der Waals surface area contributed by atoms with E-state index in [4.69, 9.17) is 24.5 Å². The van der Waals surface area contributed by atoms with Crippen LogP contribution in [0.1, 0.15) is 41.3 Å². The standard InChI is InChI=1S/C31H32N6O5S/c1-16(2)20-9-7-8-10-21(20)29(38)33-18-12-11-17(3)22(13-18)28-36-30(42-37-28)26-27(32)35-31(43-26)34-19-14-23(39-4)25(41-6)24(15-19)40-5/h7-16H,32H2,1-6H3,(H,33,38)(H,34,35). The molecule has 5 rings (SSSR count). The van der Waals surface area contributed by atoms with Crippen molar-refractivity contribution in [1.82, 2.24) is 15.1 Å². The molecule has 2 aromatic heterocycles. The number of nitrogens with zero attached hydrogens (tertiary/aromatic N) is 3. The molecule has 2 heterocycles. The zero-order chi connectivity index (χ0) is 30.7. The summed E-state index contributed by atoms with van der Waals surface area (Å²) in [7, 11) is 4.64. The topological polar surface area (TPSA) is 147 Å². The van der Waals surface area contributed by atoms with Crippen molar-refractivity contribution in [2.24, 2.45) is 0 Å². The number of carbonyl (C=O) groups is 1. The lowest BCUT2D eigenvalue weighted by Gasteiger charge is -2.14. The van der Waals surface area contributed by atoms with Crippen LogP contribution in [0.15, 0.2) is 59.1 Å². The molecule has 43 heavy (non-hydrogen) atoms. The predicted octanol–water partition coefficient (Wildman–Crippen LogP) is 6.90. The van der Waals surface area contributed by atoms with Gasteiger partial charge in [-0.1, -0.05) is 54.6 Å². The lowest BCUT2D eigenvalue weighted by molar-refractivity contribution is 0.102. The number of nitrogens with one attached hydrogen (secondary N) is 2. The van der Waals surface area contributed by atoms with E-state index in [0.717, 1.165) is 11.1 Å². The molecule has 11 nitrogen and oxygen atoms in total. The highest BCUT2D eigenvalue weighted by molar-refractivity contribution is 7.19. The van der Waals surface area contributed by atoms with E-state index in [1.165, 1.54) is 11.3 Å². The number of carbonyl (C=O) groups excluding carboxylic acids is 1. The van der Waals surface area contributed by atoms with Crippen LogP contribution < -0.4 is 30.6 Å². The molecule has 0 spiro atoms. The minimum Gasteiger partial charge on any atom is -0.493 e. The summed E-state index contributed by atoms with van der Waals surface area (Å²) in [4.78, 5) is 22.7. The number of nitrogens with two attached hydrogens (primary N) is 1. The SMILES string of the molecule is COc1cc(Nc2nc(N)c(-c3nc(-c4cc(NC(=O)c5ccccc5C(C)C)ccc4C)no3)s2)cc(OC)c1OC. The molecule has 0 unspecified atom stereocenters. The van der Waals surface area contributed by atoms with Gasteiger partial charge in [-0.3, -0.25) is 4.79 Å². The summed E-state index contributed by atoms with van der Waals surface area (Å²) in [5, 5.41) is 10.9. The molecule has 5 aromatic rings. The fourth-order valence-electron chi connectivity index (χ4n) is 4.59. The molecule has 0 saturated heterocycles. The summed E-state index contributed by atoms with van der Waals surface area (Å²) in [5.74, 6) is 2.31. The third-order valence-electron chi connectivity index (χ3n) is 6.75. The number of benzene rings is 3. The maximum atomic E-state index is 13.1. The van der Waals surface area contributed by atoms with Gasteiger partial charge >= 0.3 is 0 Å². The van der Waals surface area contributed by atoms with Crippen LogP contribution in [-0.2, 0) is 0 Å².